The van der Waals surface area contributed by atoms with Gasteiger partial charge in [-0.3, -0.25) is 0 Å². The van der Waals surface area contributed by atoms with Gasteiger partial charge in [0.1, 0.15) is 0 Å². The van der Waals surface area contributed by atoms with Crippen LogP contribution in [-0.2, 0) is 9.47 Å². The molecule has 0 N–H and O–H groups in total. The van der Waals surface area contributed by atoms with Gasteiger partial charge >= 0.3 is 11.9 Å². The van der Waals surface area contributed by atoms with Gasteiger partial charge in [0.2, 0.25) is 0 Å². The number of carbonyl (C=O) groups is 2. The van der Waals surface area contributed by atoms with E-state index in [1.807, 2.05) is 49.4 Å². The Bertz CT molecular complexity index is 1240. The Morgan fingerprint density at radius 1 is 0.559 bits per heavy atom. The van der Waals surface area contributed by atoms with Crippen LogP contribution in [0.2, 0.25) is 5.02 Å². The van der Waals surface area contributed by atoms with Crippen LogP contribution in [0.5, 0.6) is 0 Å². The molecule has 0 unspecified atom stereocenters. The molecule has 0 aromatic heterocycles. The van der Waals surface area contributed by atoms with Crippen molar-refractivity contribution in [2.75, 3.05) is 0 Å². The highest BCUT2D eigenvalue weighted by Crippen LogP contribution is 2.31. The summed E-state index contributed by atoms with van der Waals surface area (Å²) >= 11 is 6.06. The van der Waals surface area contributed by atoms with Crippen molar-refractivity contribution in [2.24, 2.45) is 0 Å². The van der Waals surface area contributed by atoms with Crippen molar-refractivity contribution in [3.8, 4) is 0 Å². The van der Waals surface area contributed by atoms with Gasteiger partial charge in [-0.1, -0.05) is 96.0 Å². The summed E-state index contributed by atoms with van der Waals surface area (Å²) in [6, 6.07) is 31.7. The highest BCUT2D eigenvalue weighted by Gasteiger charge is 2.23. The highest BCUT2D eigenvalue weighted by molar-refractivity contribution is 6.30. The molecule has 0 aliphatic rings. The van der Waals surface area contributed by atoms with E-state index in [2.05, 4.69) is 0 Å². The average molecular weight is 469 g/mol. The van der Waals surface area contributed by atoms with Crippen molar-refractivity contribution in [1.82, 2.24) is 0 Å². The lowest BCUT2D eigenvalue weighted by Crippen LogP contribution is -2.11. The molecule has 168 valence electrons. The lowest BCUT2D eigenvalue weighted by molar-refractivity contribution is 0.0646. The Morgan fingerprint density at radius 2 is 1.00 bits per heavy atom. The Hall–Kier alpha value is -4.15. The van der Waals surface area contributed by atoms with Crippen LogP contribution in [0.25, 0.3) is 11.5 Å². The zero-order valence-electron chi connectivity index (χ0n) is 18.4. The number of carbonyl (C=O) groups excluding carboxylic acids is 2. The average Bonchev–Trinajstić information content (AvgIpc) is 2.87. The zero-order valence-corrected chi connectivity index (χ0v) is 19.2. The Labute approximate surface area is 203 Å². The van der Waals surface area contributed by atoms with E-state index in [1.165, 1.54) is 6.07 Å². The quantitative estimate of drug-likeness (QED) is 0.171. The molecule has 5 heteroatoms. The predicted molar refractivity (Wildman–Crippen MR) is 133 cm³/mol. The van der Waals surface area contributed by atoms with E-state index in [1.54, 1.807) is 60.7 Å². The molecule has 0 atom stereocenters. The van der Waals surface area contributed by atoms with Crippen molar-refractivity contribution in [2.45, 2.75) is 6.92 Å². The third-order valence-electron chi connectivity index (χ3n) is 4.98. The minimum atomic E-state index is -0.624. The number of esters is 2. The Balaban J connectivity index is 1.83. The van der Waals surface area contributed by atoms with Gasteiger partial charge in [-0.15, -0.1) is 0 Å². The molecule has 0 bridgehead atoms. The number of halogens is 1. The maximum absolute atomic E-state index is 13.1. The molecular formula is C29H21ClO4. The molecule has 0 saturated heterocycles. The van der Waals surface area contributed by atoms with Gasteiger partial charge < -0.3 is 9.47 Å². The molecule has 4 nitrogen and oxygen atoms in total. The molecule has 4 aromatic rings. The molecule has 0 spiro atoms. The number of rotatable bonds is 6. The van der Waals surface area contributed by atoms with E-state index >= 15 is 0 Å². The van der Waals surface area contributed by atoms with Crippen LogP contribution in [0.3, 0.4) is 0 Å². The van der Waals surface area contributed by atoms with Crippen LogP contribution in [0, 0.1) is 6.92 Å². The molecule has 34 heavy (non-hydrogen) atoms. The zero-order chi connectivity index (χ0) is 23.9. The number of hydrogen-bond donors (Lipinski definition) is 0. The van der Waals surface area contributed by atoms with Crippen molar-refractivity contribution < 1.29 is 19.1 Å². The van der Waals surface area contributed by atoms with Crippen LogP contribution in [-0.4, -0.2) is 11.9 Å². The molecular weight excluding hydrogens is 448 g/mol. The van der Waals surface area contributed by atoms with Gasteiger partial charge in [0.05, 0.1) is 11.1 Å². The first kappa shape index (κ1) is 23.0. The summed E-state index contributed by atoms with van der Waals surface area (Å²) in [4.78, 5) is 26.2. The lowest BCUT2D eigenvalue weighted by Gasteiger charge is -2.16. The van der Waals surface area contributed by atoms with E-state index in [-0.39, 0.29) is 17.1 Å². The fourth-order valence-electron chi connectivity index (χ4n) is 3.34. The monoisotopic (exact) mass is 468 g/mol. The second-order valence-corrected chi connectivity index (χ2v) is 7.99. The maximum atomic E-state index is 13.1. The highest BCUT2D eigenvalue weighted by atomic mass is 35.5. The molecule has 0 aliphatic heterocycles. The summed E-state index contributed by atoms with van der Waals surface area (Å²) in [5.74, 6) is -0.928. The maximum Gasteiger partial charge on any atom is 0.343 e. The van der Waals surface area contributed by atoms with Crippen molar-refractivity contribution >= 4 is 35.1 Å². The molecule has 0 heterocycles. The van der Waals surface area contributed by atoms with E-state index in [9.17, 15) is 9.59 Å². The van der Waals surface area contributed by atoms with Gasteiger partial charge in [-0.05, 0) is 37.3 Å². The predicted octanol–water partition coefficient (Wildman–Crippen LogP) is 7.19. The molecule has 0 saturated carbocycles. The molecule has 0 amide bonds. The summed E-state index contributed by atoms with van der Waals surface area (Å²) in [6.45, 7) is 1.90. The SMILES string of the molecule is Cc1cccc(C(=O)O/C(=C(\OC(=O)c2cccc(Cl)c2)c2ccccc2)c2ccccc2)c1. The largest absolute Gasteiger partial charge is 0.418 e. The first-order valence-corrected chi connectivity index (χ1v) is 11.0. The smallest absolute Gasteiger partial charge is 0.343 e. The first-order valence-electron chi connectivity index (χ1n) is 10.6. The van der Waals surface area contributed by atoms with Gasteiger partial charge in [-0.2, -0.15) is 0 Å². The van der Waals surface area contributed by atoms with Crippen LogP contribution in [0.4, 0.5) is 0 Å². The van der Waals surface area contributed by atoms with Gasteiger partial charge in [0, 0.05) is 16.1 Å². The standard InChI is InChI=1S/C29H21ClO4/c1-20-10-8-15-23(18-20)28(31)33-26(21-11-4-2-5-12-21)27(22-13-6-3-7-14-22)34-29(32)24-16-9-17-25(30)19-24/h2-19H,1H3/b27-26-. The fourth-order valence-corrected chi connectivity index (χ4v) is 3.53. The second kappa shape index (κ2) is 10.6. The second-order valence-electron chi connectivity index (χ2n) is 7.55. The summed E-state index contributed by atoms with van der Waals surface area (Å²) < 4.78 is 11.8. The topological polar surface area (TPSA) is 52.6 Å². The minimum absolute atomic E-state index is 0.123. The number of ether oxygens (including phenoxy) is 2. The van der Waals surface area contributed by atoms with Crippen LogP contribution in [0.1, 0.15) is 37.4 Å². The van der Waals surface area contributed by atoms with Gasteiger partial charge in [0.15, 0.2) is 11.5 Å². The molecule has 0 radical (unpaired) electrons. The minimum Gasteiger partial charge on any atom is -0.418 e. The van der Waals surface area contributed by atoms with E-state index < -0.39 is 11.9 Å². The number of aryl methyl sites for hydroxylation is 1. The normalized spacial score (nSPS) is 11.4. The third kappa shape index (κ3) is 5.61. The summed E-state index contributed by atoms with van der Waals surface area (Å²) in [5, 5.41) is 0.411. The van der Waals surface area contributed by atoms with Crippen molar-refractivity contribution in [3.63, 3.8) is 0 Å². The first-order chi connectivity index (χ1) is 16.5. The van der Waals surface area contributed by atoms with Crippen LogP contribution >= 0.6 is 11.6 Å². The summed E-state index contributed by atoms with van der Waals surface area (Å²) in [5.41, 5.74) is 2.76. The molecule has 4 rings (SSSR count). The van der Waals surface area contributed by atoms with Crippen molar-refractivity contribution in [1.29, 1.82) is 0 Å². The van der Waals surface area contributed by atoms with E-state index in [0.29, 0.717) is 21.7 Å². The third-order valence-corrected chi connectivity index (χ3v) is 5.22. The van der Waals surface area contributed by atoms with E-state index in [0.717, 1.165) is 5.56 Å². The number of benzene rings is 4. The number of hydrogen-bond acceptors (Lipinski definition) is 4. The van der Waals surface area contributed by atoms with E-state index in [4.69, 9.17) is 21.1 Å². The van der Waals surface area contributed by atoms with Gasteiger partial charge in [0.25, 0.3) is 0 Å². The lowest BCUT2D eigenvalue weighted by atomic mass is 10.1. The molecule has 0 fully saturated rings. The van der Waals surface area contributed by atoms with Crippen LogP contribution < -0.4 is 0 Å². The van der Waals surface area contributed by atoms with Crippen LogP contribution in [0.15, 0.2) is 109 Å². The fraction of sp³-hybridized carbons (Fsp3) is 0.0345. The molecule has 4 aromatic carbocycles. The summed E-state index contributed by atoms with van der Waals surface area (Å²) in [6.07, 6.45) is 0. The molecule has 0 aliphatic carbocycles. The summed E-state index contributed by atoms with van der Waals surface area (Å²) in [7, 11) is 0. The Kier molecular flexibility index (Phi) is 7.21. The van der Waals surface area contributed by atoms with Gasteiger partial charge in [-0.25, -0.2) is 9.59 Å². The Morgan fingerprint density at radius 3 is 1.47 bits per heavy atom. The van der Waals surface area contributed by atoms with Crippen molar-refractivity contribution in [3.05, 3.63) is 142 Å².